The van der Waals surface area contributed by atoms with Crippen molar-refractivity contribution < 1.29 is 9.53 Å². The maximum absolute atomic E-state index is 12.3. The van der Waals surface area contributed by atoms with Gasteiger partial charge in [-0.1, -0.05) is 56.7 Å². The molecule has 0 bridgehead atoms. The number of nitrogens with two attached hydrogens (primary N) is 1. The van der Waals surface area contributed by atoms with Gasteiger partial charge in [0.2, 0.25) is 0 Å². The van der Waals surface area contributed by atoms with E-state index in [0.29, 0.717) is 29.3 Å². The highest BCUT2D eigenvalue weighted by Gasteiger charge is 2.39. The molecule has 0 saturated heterocycles. The van der Waals surface area contributed by atoms with E-state index < -0.39 is 0 Å². The fraction of sp³-hybridized carbons (Fsp3) is 0.565. The van der Waals surface area contributed by atoms with Crippen LogP contribution in [0.15, 0.2) is 51.9 Å². The highest BCUT2D eigenvalue weighted by Crippen LogP contribution is 2.45. The summed E-state index contributed by atoms with van der Waals surface area (Å²) < 4.78 is 5.24. The van der Waals surface area contributed by atoms with E-state index in [2.05, 4.69) is 62.2 Å². The van der Waals surface area contributed by atoms with Crippen LogP contribution in [0.1, 0.15) is 41.0 Å². The molecule has 5 heteroatoms. The Bertz CT molecular complexity index is 691. The molecule has 6 atom stereocenters. The Morgan fingerprint density at radius 3 is 2.71 bits per heavy atom. The highest BCUT2D eigenvalue weighted by molar-refractivity contribution is 8.05. The lowest BCUT2D eigenvalue weighted by molar-refractivity contribution is -0.137. The number of carbonyl (C=O) groups excluding carboxylic acids is 1. The van der Waals surface area contributed by atoms with Crippen LogP contribution in [0.25, 0.3) is 0 Å². The van der Waals surface area contributed by atoms with Gasteiger partial charge in [-0.25, -0.2) is 4.79 Å². The van der Waals surface area contributed by atoms with Crippen molar-refractivity contribution in [3.63, 3.8) is 0 Å². The molecule has 2 N–H and O–H groups in total. The van der Waals surface area contributed by atoms with E-state index in [4.69, 9.17) is 10.5 Å². The van der Waals surface area contributed by atoms with Gasteiger partial charge >= 0.3 is 5.97 Å². The number of carbonyl (C=O) groups is 1. The van der Waals surface area contributed by atoms with Crippen LogP contribution in [0.3, 0.4) is 0 Å². The molecule has 28 heavy (non-hydrogen) atoms. The standard InChI is InChI=1S/C23H34N2O2S/c1-6-17-11-9-10-12-19(17)18(7-2)15(4)20-13-21(23(26)27-8-3)28-22(20)14-25-16(5)24/h6,9-16,18-20,22H,7-8,24H2,1-5H3/b17-6-,25-14?. The summed E-state index contributed by atoms with van der Waals surface area (Å²) >= 11 is 1.55. The molecule has 0 amide bonds. The SMILES string of the molecule is C/C=C1/C=CC=CC1C(CC)C(C)C1C=C(C(=O)OCC)SC1C=NC(C)N. The summed E-state index contributed by atoms with van der Waals surface area (Å²) in [6, 6.07) is 0. The number of hydrogen-bond acceptors (Lipinski definition) is 5. The van der Waals surface area contributed by atoms with Crippen molar-refractivity contribution in [1.29, 1.82) is 0 Å². The first-order valence-electron chi connectivity index (χ1n) is 10.3. The molecule has 0 aromatic heterocycles. The van der Waals surface area contributed by atoms with Crippen LogP contribution < -0.4 is 5.73 Å². The molecule has 0 radical (unpaired) electrons. The summed E-state index contributed by atoms with van der Waals surface area (Å²) in [5, 5.41) is 0.103. The third-order valence-electron chi connectivity index (χ3n) is 5.58. The number of aliphatic imine (C=N–C) groups is 1. The van der Waals surface area contributed by atoms with Crippen LogP contribution in [-0.2, 0) is 9.53 Å². The van der Waals surface area contributed by atoms with E-state index >= 15 is 0 Å². The first-order valence-corrected chi connectivity index (χ1v) is 11.2. The van der Waals surface area contributed by atoms with Crippen molar-refractivity contribution >= 4 is 23.9 Å². The van der Waals surface area contributed by atoms with Crippen LogP contribution in [0.4, 0.5) is 0 Å². The number of ether oxygens (including phenoxy) is 1. The number of nitrogens with zero attached hydrogens (tertiary/aromatic N) is 1. The lowest BCUT2D eigenvalue weighted by Gasteiger charge is -2.35. The Hall–Kier alpha value is -1.59. The van der Waals surface area contributed by atoms with Gasteiger partial charge in [-0.15, -0.1) is 11.8 Å². The average Bonchev–Trinajstić information content (AvgIpc) is 3.12. The second-order valence-corrected chi connectivity index (χ2v) is 8.66. The minimum Gasteiger partial charge on any atom is -0.462 e. The maximum Gasteiger partial charge on any atom is 0.344 e. The van der Waals surface area contributed by atoms with Crippen LogP contribution in [0, 0.1) is 23.7 Å². The van der Waals surface area contributed by atoms with Crippen LogP contribution >= 0.6 is 11.8 Å². The number of hydrogen-bond donors (Lipinski definition) is 1. The molecule has 0 spiro atoms. The number of allylic oxidation sites excluding steroid dienone is 7. The molecular weight excluding hydrogens is 368 g/mol. The Balaban J connectivity index is 2.30. The molecule has 2 aliphatic rings. The minimum atomic E-state index is -0.244. The molecule has 6 unspecified atom stereocenters. The Labute approximate surface area is 174 Å². The minimum absolute atomic E-state index is 0.103. The summed E-state index contributed by atoms with van der Waals surface area (Å²) in [6.45, 7) is 10.7. The molecule has 154 valence electrons. The Morgan fingerprint density at radius 2 is 2.11 bits per heavy atom. The van der Waals surface area contributed by atoms with Crippen LogP contribution in [0.5, 0.6) is 0 Å². The average molecular weight is 403 g/mol. The molecule has 2 rings (SSSR count). The predicted octanol–water partition coefficient (Wildman–Crippen LogP) is 4.89. The molecule has 1 aliphatic heterocycles. The zero-order valence-corrected chi connectivity index (χ0v) is 18.5. The monoisotopic (exact) mass is 402 g/mol. The Morgan fingerprint density at radius 1 is 1.36 bits per heavy atom. The van der Waals surface area contributed by atoms with Gasteiger partial charge in [0.1, 0.15) is 0 Å². The van der Waals surface area contributed by atoms with Crippen LogP contribution in [-0.4, -0.2) is 30.2 Å². The third kappa shape index (κ3) is 5.48. The van der Waals surface area contributed by atoms with Gasteiger partial charge in [0.25, 0.3) is 0 Å². The van der Waals surface area contributed by atoms with E-state index in [9.17, 15) is 4.79 Å². The molecule has 0 aromatic carbocycles. The summed E-state index contributed by atoms with van der Waals surface area (Å²) in [5.41, 5.74) is 7.20. The van der Waals surface area contributed by atoms with Gasteiger partial charge in [0, 0.05) is 12.1 Å². The molecule has 0 aromatic rings. The lowest BCUT2D eigenvalue weighted by Crippen LogP contribution is -2.31. The van der Waals surface area contributed by atoms with Crippen molar-refractivity contribution in [1.82, 2.24) is 0 Å². The zero-order chi connectivity index (χ0) is 20.7. The first-order chi connectivity index (χ1) is 13.4. The van der Waals surface area contributed by atoms with Gasteiger partial charge < -0.3 is 10.5 Å². The van der Waals surface area contributed by atoms with Crippen LogP contribution in [0.2, 0.25) is 0 Å². The first kappa shape index (κ1) is 22.7. The van der Waals surface area contributed by atoms with Crippen molar-refractivity contribution in [2.45, 2.75) is 52.5 Å². The van der Waals surface area contributed by atoms with Gasteiger partial charge in [-0.2, -0.15) is 0 Å². The Kier molecular flexibility index (Phi) is 8.77. The molecule has 0 saturated carbocycles. The van der Waals surface area contributed by atoms with E-state index in [-0.39, 0.29) is 23.3 Å². The van der Waals surface area contributed by atoms with Gasteiger partial charge in [0.15, 0.2) is 0 Å². The fourth-order valence-electron chi connectivity index (χ4n) is 4.14. The van der Waals surface area contributed by atoms with E-state index in [0.717, 1.165) is 6.42 Å². The molecule has 4 nitrogen and oxygen atoms in total. The van der Waals surface area contributed by atoms with Gasteiger partial charge in [0.05, 0.1) is 22.9 Å². The quantitative estimate of drug-likeness (QED) is 0.464. The third-order valence-corrected chi connectivity index (χ3v) is 6.85. The number of rotatable bonds is 8. The normalized spacial score (nSPS) is 29.1. The lowest BCUT2D eigenvalue weighted by atomic mass is 9.70. The summed E-state index contributed by atoms with van der Waals surface area (Å²) in [5.74, 6) is 1.23. The summed E-state index contributed by atoms with van der Waals surface area (Å²) in [4.78, 5) is 17.4. The van der Waals surface area contributed by atoms with Gasteiger partial charge in [-0.05, 0) is 44.1 Å². The van der Waals surface area contributed by atoms with Crippen molar-refractivity contribution in [2.75, 3.05) is 6.61 Å². The van der Waals surface area contributed by atoms with Crippen molar-refractivity contribution in [3.8, 4) is 0 Å². The van der Waals surface area contributed by atoms with E-state index in [1.54, 1.807) is 11.8 Å². The fourth-order valence-corrected chi connectivity index (χ4v) is 5.44. The summed E-state index contributed by atoms with van der Waals surface area (Å²) in [6.07, 6.45) is 15.8. The largest absolute Gasteiger partial charge is 0.462 e. The molecule has 1 aliphatic carbocycles. The molecule has 1 heterocycles. The number of esters is 1. The second kappa shape index (κ2) is 10.8. The summed E-state index contributed by atoms with van der Waals surface area (Å²) in [7, 11) is 0. The van der Waals surface area contributed by atoms with E-state index in [1.165, 1.54) is 5.57 Å². The zero-order valence-electron chi connectivity index (χ0n) is 17.7. The number of thioether (sulfide) groups is 1. The second-order valence-electron chi connectivity index (χ2n) is 7.44. The predicted molar refractivity (Wildman–Crippen MR) is 120 cm³/mol. The molecule has 0 fully saturated rings. The topological polar surface area (TPSA) is 64.7 Å². The molecular formula is C23H34N2O2S. The van der Waals surface area contributed by atoms with E-state index in [1.807, 2.05) is 20.1 Å². The smallest absolute Gasteiger partial charge is 0.344 e. The van der Waals surface area contributed by atoms with Crippen molar-refractivity contribution in [3.05, 3.63) is 46.9 Å². The van der Waals surface area contributed by atoms with Gasteiger partial charge in [-0.3, -0.25) is 4.99 Å². The van der Waals surface area contributed by atoms with Crippen molar-refractivity contribution in [2.24, 2.45) is 34.4 Å². The maximum atomic E-state index is 12.3. The highest BCUT2D eigenvalue weighted by atomic mass is 32.2.